The van der Waals surface area contributed by atoms with Crippen LogP contribution in [-0.4, -0.2) is 31.3 Å². The summed E-state index contributed by atoms with van der Waals surface area (Å²) in [5.41, 5.74) is 8.33. The summed E-state index contributed by atoms with van der Waals surface area (Å²) in [7, 11) is 0. The smallest absolute Gasteiger partial charge is 0.231 e. The van der Waals surface area contributed by atoms with Gasteiger partial charge in [0.15, 0.2) is 11.5 Å². The van der Waals surface area contributed by atoms with Crippen LogP contribution in [0.4, 0.5) is 0 Å². The number of rotatable bonds is 4. The van der Waals surface area contributed by atoms with Crippen molar-refractivity contribution in [2.24, 2.45) is 5.73 Å². The van der Waals surface area contributed by atoms with E-state index in [1.165, 1.54) is 17.5 Å². The van der Waals surface area contributed by atoms with Crippen LogP contribution in [0.15, 0.2) is 12.1 Å². The van der Waals surface area contributed by atoms with Gasteiger partial charge in [0.1, 0.15) is 0 Å². The van der Waals surface area contributed by atoms with Crippen molar-refractivity contribution in [1.82, 2.24) is 4.90 Å². The first-order valence-electron chi connectivity index (χ1n) is 6.70. The monoisotopic (exact) mass is 248 g/mol. The molecule has 0 fully saturated rings. The quantitative estimate of drug-likeness (QED) is 0.821. The molecule has 1 aromatic rings. The first-order chi connectivity index (χ1) is 8.86. The second-order valence-corrected chi connectivity index (χ2v) is 5.00. The highest BCUT2D eigenvalue weighted by atomic mass is 16.7. The lowest BCUT2D eigenvalue weighted by molar-refractivity contribution is 0.174. The average molecular weight is 248 g/mol. The molecule has 4 nitrogen and oxygen atoms in total. The summed E-state index contributed by atoms with van der Waals surface area (Å²) in [5, 5.41) is 0. The Morgan fingerprint density at radius 3 is 2.67 bits per heavy atom. The van der Waals surface area contributed by atoms with Crippen molar-refractivity contribution in [2.45, 2.75) is 25.8 Å². The maximum Gasteiger partial charge on any atom is 0.231 e. The predicted octanol–water partition coefficient (Wildman–Crippen LogP) is 1.51. The fraction of sp³-hybridized carbons (Fsp3) is 0.571. The molecular weight excluding hydrogens is 228 g/mol. The summed E-state index contributed by atoms with van der Waals surface area (Å²) in [6, 6.07) is 4.29. The highest BCUT2D eigenvalue weighted by Crippen LogP contribution is 2.36. The maximum atomic E-state index is 5.53. The Morgan fingerprint density at radius 2 is 1.89 bits per heavy atom. The van der Waals surface area contributed by atoms with Crippen LogP contribution >= 0.6 is 0 Å². The van der Waals surface area contributed by atoms with Crippen molar-refractivity contribution in [3.05, 3.63) is 23.3 Å². The van der Waals surface area contributed by atoms with E-state index in [4.69, 9.17) is 15.2 Å². The maximum absolute atomic E-state index is 5.53. The second kappa shape index (κ2) is 5.16. The van der Waals surface area contributed by atoms with Crippen LogP contribution in [0.1, 0.15) is 24.0 Å². The van der Waals surface area contributed by atoms with Crippen LogP contribution < -0.4 is 15.2 Å². The molecule has 4 heteroatoms. The third kappa shape index (κ3) is 2.31. The molecule has 0 amide bonds. The van der Waals surface area contributed by atoms with Crippen molar-refractivity contribution >= 4 is 0 Å². The Labute approximate surface area is 108 Å². The summed E-state index contributed by atoms with van der Waals surface area (Å²) in [6.45, 7) is 4.46. The van der Waals surface area contributed by atoms with Crippen molar-refractivity contribution in [3.8, 4) is 11.5 Å². The third-order valence-electron chi connectivity index (χ3n) is 3.71. The topological polar surface area (TPSA) is 47.7 Å². The standard InChI is InChI=1S/C14H20N2O2/c15-4-1-2-5-16-6-3-11-7-13-14(18-10-17-13)8-12(11)9-16/h7-8H,1-6,9-10,15H2. The fourth-order valence-corrected chi connectivity index (χ4v) is 2.68. The van der Waals surface area contributed by atoms with E-state index in [2.05, 4.69) is 17.0 Å². The minimum absolute atomic E-state index is 0.360. The van der Waals surface area contributed by atoms with Crippen molar-refractivity contribution in [2.75, 3.05) is 26.4 Å². The van der Waals surface area contributed by atoms with E-state index < -0.39 is 0 Å². The van der Waals surface area contributed by atoms with Crippen molar-refractivity contribution in [3.63, 3.8) is 0 Å². The highest BCUT2D eigenvalue weighted by Gasteiger charge is 2.21. The van der Waals surface area contributed by atoms with Crippen LogP contribution in [0.5, 0.6) is 11.5 Å². The van der Waals surface area contributed by atoms with Gasteiger partial charge >= 0.3 is 0 Å². The molecule has 2 heterocycles. The van der Waals surface area contributed by atoms with Gasteiger partial charge in [0, 0.05) is 13.1 Å². The number of hydrogen-bond donors (Lipinski definition) is 1. The van der Waals surface area contributed by atoms with Gasteiger partial charge in [0.2, 0.25) is 6.79 Å². The Balaban J connectivity index is 1.69. The zero-order valence-electron chi connectivity index (χ0n) is 10.7. The summed E-state index contributed by atoms with van der Waals surface area (Å²) in [6.07, 6.45) is 3.41. The molecule has 2 N–H and O–H groups in total. The molecule has 0 aromatic heterocycles. The van der Waals surface area contributed by atoms with E-state index in [9.17, 15) is 0 Å². The molecule has 0 spiro atoms. The van der Waals surface area contributed by atoms with Crippen LogP contribution in [-0.2, 0) is 13.0 Å². The number of ether oxygens (including phenoxy) is 2. The molecular formula is C14H20N2O2. The second-order valence-electron chi connectivity index (χ2n) is 5.00. The molecule has 0 saturated carbocycles. The number of hydrogen-bond acceptors (Lipinski definition) is 4. The van der Waals surface area contributed by atoms with Crippen LogP contribution in [0.25, 0.3) is 0 Å². The number of unbranched alkanes of at least 4 members (excludes halogenated alkanes) is 1. The van der Waals surface area contributed by atoms with Crippen LogP contribution in [0.2, 0.25) is 0 Å². The van der Waals surface area contributed by atoms with E-state index in [1.807, 2.05) is 0 Å². The summed E-state index contributed by atoms with van der Waals surface area (Å²) in [4.78, 5) is 2.50. The molecule has 0 unspecified atom stereocenters. The molecule has 98 valence electrons. The molecule has 0 radical (unpaired) electrons. The van der Waals surface area contributed by atoms with E-state index in [1.54, 1.807) is 0 Å². The van der Waals surface area contributed by atoms with E-state index in [0.29, 0.717) is 6.79 Å². The normalized spacial score (nSPS) is 17.8. The van der Waals surface area contributed by atoms with E-state index in [0.717, 1.165) is 50.5 Å². The van der Waals surface area contributed by atoms with Gasteiger partial charge in [-0.25, -0.2) is 0 Å². The number of nitrogens with zero attached hydrogens (tertiary/aromatic N) is 1. The summed E-state index contributed by atoms with van der Waals surface area (Å²) in [5.74, 6) is 1.81. The van der Waals surface area contributed by atoms with E-state index in [-0.39, 0.29) is 0 Å². The van der Waals surface area contributed by atoms with Gasteiger partial charge in [-0.15, -0.1) is 0 Å². The van der Waals surface area contributed by atoms with Gasteiger partial charge in [-0.1, -0.05) is 0 Å². The Hall–Kier alpha value is -1.26. The molecule has 2 aliphatic heterocycles. The molecule has 0 bridgehead atoms. The first kappa shape index (κ1) is 11.8. The van der Waals surface area contributed by atoms with E-state index >= 15 is 0 Å². The predicted molar refractivity (Wildman–Crippen MR) is 69.8 cm³/mol. The van der Waals surface area contributed by atoms with Crippen molar-refractivity contribution in [1.29, 1.82) is 0 Å². The van der Waals surface area contributed by atoms with Gasteiger partial charge in [-0.05, 0) is 55.6 Å². The lowest BCUT2D eigenvalue weighted by atomic mass is 9.98. The SMILES string of the molecule is NCCCCN1CCc2cc3c(cc2C1)OCO3. The zero-order chi connectivity index (χ0) is 12.4. The fourth-order valence-electron chi connectivity index (χ4n) is 2.68. The van der Waals surface area contributed by atoms with Gasteiger partial charge in [-0.2, -0.15) is 0 Å². The number of benzene rings is 1. The number of nitrogens with two attached hydrogens (primary N) is 1. The molecule has 0 saturated heterocycles. The van der Waals surface area contributed by atoms with Gasteiger partial charge in [0.25, 0.3) is 0 Å². The Morgan fingerprint density at radius 1 is 1.11 bits per heavy atom. The highest BCUT2D eigenvalue weighted by molar-refractivity contribution is 5.49. The zero-order valence-corrected chi connectivity index (χ0v) is 10.7. The third-order valence-corrected chi connectivity index (χ3v) is 3.71. The lowest BCUT2D eigenvalue weighted by Gasteiger charge is -2.28. The summed E-state index contributed by atoms with van der Waals surface area (Å²) < 4.78 is 10.9. The Kier molecular flexibility index (Phi) is 3.39. The average Bonchev–Trinajstić information content (AvgIpc) is 2.83. The van der Waals surface area contributed by atoms with Crippen LogP contribution in [0.3, 0.4) is 0 Å². The first-order valence-corrected chi connectivity index (χ1v) is 6.70. The molecule has 1 aromatic carbocycles. The number of fused-ring (bicyclic) bond motifs is 2. The molecule has 0 aliphatic carbocycles. The van der Waals surface area contributed by atoms with Gasteiger partial charge in [-0.3, -0.25) is 4.90 Å². The molecule has 3 rings (SSSR count). The summed E-state index contributed by atoms with van der Waals surface area (Å²) >= 11 is 0. The van der Waals surface area contributed by atoms with Crippen molar-refractivity contribution < 1.29 is 9.47 Å². The largest absolute Gasteiger partial charge is 0.454 e. The Bertz CT molecular complexity index is 434. The minimum Gasteiger partial charge on any atom is -0.454 e. The lowest BCUT2D eigenvalue weighted by Crippen LogP contribution is -2.31. The van der Waals surface area contributed by atoms with Gasteiger partial charge < -0.3 is 15.2 Å². The van der Waals surface area contributed by atoms with Gasteiger partial charge in [0.05, 0.1) is 0 Å². The molecule has 0 atom stereocenters. The minimum atomic E-state index is 0.360. The van der Waals surface area contributed by atoms with Crippen LogP contribution in [0, 0.1) is 0 Å². The molecule has 18 heavy (non-hydrogen) atoms. The molecule has 2 aliphatic rings.